The highest BCUT2D eigenvalue weighted by Gasteiger charge is 2.34. The highest BCUT2D eigenvalue weighted by molar-refractivity contribution is 5.87. The van der Waals surface area contributed by atoms with Crippen molar-refractivity contribution in [3.63, 3.8) is 0 Å². The fraction of sp³-hybridized carbons (Fsp3) is 0.545. The van der Waals surface area contributed by atoms with Gasteiger partial charge < -0.3 is 4.74 Å². The number of benzene rings is 1. The Kier molecular flexibility index (Phi) is 9.83. The zero-order valence-corrected chi connectivity index (χ0v) is 17.3. The molecule has 0 saturated carbocycles. The second kappa shape index (κ2) is 12.4. The first-order valence-corrected chi connectivity index (χ1v) is 10.3. The van der Waals surface area contributed by atoms with Gasteiger partial charge >= 0.3 is 0 Å². The van der Waals surface area contributed by atoms with E-state index in [0.717, 1.165) is 24.8 Å². The minimum atomic E-state index is -0.607. The molecule has 29 heavy (non-hydrogen) atoms. The maximum Gasteiger partial charge on any atom is 0.247 e. The first-order chi connectivity index (χ1) is 14.0. The number of hydrogen-bond acceptors (Lipinski definition) is 5. The van der Waals surface area contributed by atoms with Crippen molar-refractivity contribution in [2.45, 2.75) is 52.2 Å². The number of hydrazine groups is 1. The minimum Gasteiger partial charge on any atom is -0.350 e. The van der Waals surface area contributed by atoms with Crippen molar-refractivity contribution < 1.29 is 19.2 Å². The fourth-order valence-corrected chi connectivity index (χ4v) is 3.44. The lowest BCUT2D eigenvalue weighted by atomic mass is 9.82. The molecule has 1 aromatic carbocycles. The number of ether oxygens (including phenoxy) is 1. The molecule has 2 rings (SSSR count). The van der Waals surface area contributed by atoms with E-state index in [1.165, 1.54) is 0 Å². The predicted octanol–water partition coefficient (Wildman–Crippen LogP) is 2.93. The molecule has 4 N–H and O–H groups in total. The quantitative estimate of drug-likeness (QED) is 0.317. The number of hydroxylamine groups is 1. The van der Waals surface area contributed by atoms with Crippen LogP contribution in [0.4, 0.5) is 0 Å². The van der Waals surface area contributed by atoms with Crippen LogP contribution in [0.5, 0.6) is 0 Å². The molecule has 2 amide bonds. The highest BCUT2D eigenvalue weighted by atomic mass is 16.8. The number of hydrogen-bond donors (Lipinski definition) is 3. The van der Waals surface area contributed by atoms with Gasteiger partial charge in [0.15, 0.2) is 6.29 Å². The van der Waals surface area contributed by atoms with Crippen LogP contribution in [-0.4, -0.2) is 24.7 Å². The molecule has 1 aliphatic rings. The third kappa shape index (κ3) is 7.97. The average Bonchev–Trinajstić information content (AvgIpc) is 2.74. The molecule has 7 heteroatoms. The van der Waals surface area contributed by atoms with E-state index in [2.05, 4.69) is 10.9 Å². The molecule has 1 unspecified atom stereocenters. The Balaban J connectivity index is 2.09. The molecule has 1 aromatic rings. The van der Waals surface area contributed by atoms with Gasteiger partial charge in [-0.3, -0.25) is 15.0 Å². The predicted molar refractivity (Wildman–Crippen MR) is 112 cm³/mol. The van der Waals surface area contributed by atoms with E-state index < -0.39 is 18.1 Å². The van der Waals surface area contributed by atoms with Crippen molar-refractivity contribution >= 4 is 17.9 Å². The molecule has 3 atom stereocenters. The summed E-state index contributed by atoms with van der Waals surface area (Å²) < 4.78 is 5.49. The summed E-state index contributed by atoms with van der Waals surface area (Å²) in [7, 11) is 0. The lowest BCUT2D eigenvalue weighted by molar-refractivity contribution is -0.203. The Labute approximate surface area is 172 Å². The number of nitrogens with one attached hydrogen (secondary N) is 2. The largest absolute Gasteiger partial charge is 0.350 e. The average molecular weight is 404 g/mol. The summed E-state index contributed by atoms with van der Waals surface area (Å²) in [5.74, 6) is 3.77. The molecule has 1 fully saturated rings. The van der Waals surface area contributed by atoms with E-state index in [0.29, 0.717) is 19.4 Å². The summed E-state index contributed by atoms with van der Waals surface area (Å²) in [5.41, 5.74) is 5.76. The highest BCUT2D eigenvalue weighted by Crippen LogP contribution is 2.25. The van der Waals surface area contributed by atoms with E-state index in [1.54, 1.807) is 0 Å². The molecule has 1 heterocycles. The lowest BCUT2D eigenvalue weighted by Gasteiger charge is -2.27. The number of amides is 2. The summed E-state index contributed by atoms with van der Waals surface area (Å²) in [6.07, 6.45) is 7.06. The molecule has 0 aromatic heterocycles. The number of allylic oxidation sites excluding steroid dienone is 1. The van der Waals surface area contributed by atoms with E-state index in [9.17, 15) is 9.59 Å². The lowest BCUT2D eigenvalue weighted by Crippen LogP contribution is -2.45. The summed E-state index contributed by atoms with van der Waals surface area (Å²) in [6, 6.07) is 9.81. The third-order valence-electron chi connectivity index (χ3n) is 4.96. The van der Waals surface area contributed by atoms with Crippen LogP contribution in [-0.2, 0) is 19.2 Å². The molecule has 0 aliphatic carbocycles. The van der Waals surface area contributed by atoms with Crippen LogP contribution < -0.4 is 16.7 Å². The van der Waals surface area contributed by atoms with Crippen molar-refractivity contribution in [3.8, 4) is 0 Å². The Morgan fingerprint density at radius 1 is 1.21 bits per heavy atom. The van der Waals surface area contributed by atoms with E-state index in [-0.39, 0.29) is 17.7 Å². The third-order valence-corrected chi connectivity index (χ3v) is 4.96. The van der Waals surface area contributed by atoms with Gasteiger partial charge in [-0.1, -0.05) is 56.3 Å². The summed E-state index contributed by atoms with van der Waals surface area (Å²) >= 11 is 0. The van der Waals surface area contributed by atoms with Gasteiger partial charge in [-0.15, -0.1) is 0 Å². The molecule has 0 spiro atoms. The van der Waals surface area contributed by atoms with Crippen LogP contribution in [0.3, 0.4) is 0 Å². The van der Waals surface area contributed by atoms with Crippen molar-refractivity contribution in [2.75, 3.05) is 6.61 Å². The monoisotopic (exact) mass is 403 g/mol. The van der Waals surface area contributed by atoms with Crippen LogP contribution in [0.1, 0.15) is 51.5 Å². The smallest absolute Gasteiger partial charge is 0.247 e. The Morgan fingerprint density at radius 3 is 2.59 bits per heavy atom. The Morgan fingerprint density at radius 2 is 1.97 bits per heavy atom. The van der Waals surface area contributed by atoms with E-state index in [1.807, 2.05) is 56.3 Å². The normalized spacial score (nSPS) is 19.1. The first kappa shape index (κ1) is 23.1. The molecule has 1 saturated heterocycles. The van der Waals surface area contributed by atoms with Crippen molar-refractivity contribution in [2.24, 2.45) is 23.6 Å². The number of rotatable bonds is 10. The van der Waals surface area contributed by atoms with Crippen LogP contribution in [0.15, 0.2) is 36.4 Å². The van der Waals surface area contributed by atoms with E-state index >= 15 is 0 Å². The van der Waals surface area contributed by atoms with Crippen molar-refractivity contribution in [1.82, 2.24) is 10.9 Å². The van der Waals surface area contributed by atoms with Crippen molar-refractivity contribution in [3.05, 3.63) is 42.0 Å². The van der Waals surface area contributed by atoms with Gasteiger partial charge in [0.1, 0.15) is 0 Å². The molecule has 0 radical (unpaired) electrons. The van der Waals surface area contributed by atoms with Gasteiger partial charge in [0.05, 0.1) is 11.8 Å². The van der Waals surface area contributed by atoms with Gasteiger partial charge in [-0.2, -0.15) is 0 Å². The standard InChI is InChI=1S/C22H33N3O4/c1-16(2)15-19(21(26)24-23)18(12-8-11-17-9-4-3-5-10-17)22(27)25-29-20-13-6-7-14-28-20/h3-5,8-11,16,18-20H,6-7,12-15,23H2,1-2H3,(H,24,26)(H,25,27)/t18-,19+,20?/m0/s1. The van der Waals surface area contributed by atoms with Gasteiger partial charge in [0.25, 0.3) is 0 Å². The fourth-order valence-electron chi connectivity index (χ4n) is 3.44. The number of carbonyl (C=O) groups is 2. The SMILES string of the molecule is CC(C)C[C@@H](C(=O)NN)[C@H](CC=Cc1ccccc1)C(=O)NOC1CCCCO1. The summed E-state index contributed by atoms with van der Waals surface area (Å²) in [4.78, 5) is 30.8. The molecule has 0 bridgehead atoms. The Bertz CT molecular complexity index is 657. The topological polar surface area (TPSA) is 103 Å². The molecular weight excluding hydrogens is 370 g/mol. The van der Waals surface area contributed by atoms with Gasteiger partial charge in [-0.05, 0) is 37.2 Å². The van der Waals surface area contributed by atoms with Crippen LogP contribution >= 0.6 is 0 Å². The first-order valence-electron chi connectivity index (χ1n) is 10.3. The molecule has 1 aliphatic heterocycles. The van der Waals surface area contributed by atoms with Crippen LogP contribution in [0.25, 0.3) is 6.08 Å². The number of nitrogens with two attached hydrogens (primary N) is 1. The zero-order chi connectivity index (χ0) is 21.1. The van der Waals surface area contributed by atoms with Gasteiger partial charge in [0, 0.05) is 13.0 Å². The second-order valence-electron chi connectivity index (χ2n) is 7.78. The van der Waals surface area contributed by atoms with Crippen LogP contribution in [0.2, 0.25) is 0 Å². The van der Waals surface area contributed by atoms with Gasteiger partial charge in [0.2, 0.25) is 11.8 Å². The maximum atomic E-state index is 12.9. The maximum absolute atomic E-state index is 12.9. The van der Waals surface area contributed by atoms with Crippen LogP contribution in [0, 0.1) is 17.8 Å². The Hall–Kier alpha value is -2.22. The molecular formula is C22H33N3O4. The summed E-state index contributed by atoms with van der Waals surface area (Å²) in [6.45, 7) is 4.64. The van der Waals surface area contributed by atoms with E-state index in [4.69, 9.17) is 15.4 Å². The molecule has 160 valence electrons. The number of carbonyl (C=O) groups excluding carboxylic acids is 2. The zero-order valence-electron chi connectivity index (χ0n) is 17.3. The summed E-state index contributed by atoms with van der Waals surface area (Å²) in [5, 5.41) is 0. The second-order valence-corrected chi connectivity index (χ2v) is 7.78. The minimum absolute atomic E-state index is 0.230. The van der Waals surface area contributed by atoms with Crippen molar-refractivity contribution in [1.29, 1.82) is 0 Å². The molecule has 7 nitrogen and oxygen atoms in total. The van der Waals surface area contributed by atoms with Gasteiger partial charge in [-0.25, -0.2) is 16.2 Å².